The summed E-state index contributed by atoms with van der Waals surface area (Å²) in [6.45, 7) is 12.8. The highest BCUT2D eigenvalue weighted by Gasteiger charge is 2.21. The first kappa shape index (κ1) is 35.1. The van der Waals surface area contributed by atoms with Crippen LogP contribution in [0.25, 0.3) is 72.6 Å². The van der Waals surface area contributed by atoms with E-state index in [4.69, 9.17) is 19.9 Å². The third-order valence-corrected chi connectivity index (χ3v) is 9.65. The Balaban J connectivity index is 0.00000138. The lowest BCUT2D eigenvalue weighted by Crippen LogP contribution is -2.08. The van der Waals surface area contributed by atoms with Crippen LogP contribution in [0.2, 0.25) is 0 Å². The van der Waals surface area contributed by atoms with Crippen molar-refractivity contribution in [2.75, 3.05) is 0 Å². The Morgan fingerprint density at radius 1 is 0.764 bits per heavy atom. The molecule has 6 heteroatoms. The van der Waals surface area contributed by atoms with Crippen LogP contribution < -0.4 is 0 Å². The van der Waals surface area contributed by atoms with Gasteiger partial charge in [0.05, 0.1) is 22.1 Å². The van der Waals surface area contributed by atoms with Crippen LogP contribution in [0.15, 0.2) is 182 Å². The molecule has 4 heterocycles. The molecule has 0 aliphatic heterocycles. The van der Waals surface area contributed by atoms with E-state index in [9.17, 15) is 0 Å². The van der Waals surface area contributed by atoms with E-state index in [1.54, 1.807) is 6.08 Å². The average molecular weight is 715 g/mol. The number of pyridine rings is 1. The molecule has 0 saturated heterocycles. The van der Waals surface area contributed by atoms with Gasteiger partial charge in [0.25, 0.3) is 0 Å². The Hall–Kier alpha value is -6.92. The van der Waals surface area contributed by atoms with E-state index >= 15 is 0 Å². The van der Waals surface area contributed by atoms with Crippen molar-refractivity contribution in [2.24, 2.45) is 0 Å². The highest BCUT2D eigenvalue weighted by atomic mass is 15.2. The van der Waals surface area contributed by atoms with Gasteiger partial charge in [0.1, 0.15) is 0 Å². The minimum Gasteiger partial charge on any atom is -0.307 e. The fourth-order valence-corrected chi connectivity index (χ4v) is 7.10. The van der Waals surface area contributed by atoms with Gasteiger partial charge in [-0.25, -0.2) is 4.98 Å². The van der Waals surface area contributed by atoms with Crippen LogP contribution in [0.1, 0.15) is 38.9 Å². The summed E-state index contributed by atoms with van der Waals surface area (Å²) in [5.41, 5.74) is 10.9. The third kappa shape index (κ3) is 6.86. The molecule has 0 amide bonds. The van der Waals surface area contributed by atoms with Gasteiger partial charge in [-0.15, -0.1) is 0 Å². The van der Waals surface area contributed by atoms with Crippen molar-refractivity contribution in [1.29, 1.82) is 0 Å². The number of hydrogen-bond donors (Lipinski definition) is 0. The third-order valence-electron chi connectivity index (χ3n) is 9.65. The Kier molecular flexibility index (Phi) is 9.96. The maximum absolute atomic E-state index is 5.18. The molecule has 8 aromatic rings. The summed E-state index contributed by atoms with van der Waals surface area (Å²) in [5, 5.41) is 2.18. The van der Waals surface area contributed by atoms with Gasteiger partial charge < -0.3 is 4.57 Å². The molecular formula is C49H42N6. The summed E-state index contributed by atoms with van der Waals surface area (Å²) in [6.07, 6.45) is 17.4. The molecule has 0 saturated carbocycles. The smallest absolute Gasteiger partial charge is 0.238 e. The molecule has 0 spiro atoms. The molecular weight excluding hydrogens is 673 g/mol. The zero-order valence-corrected chi connectivity index (χ0v) is 31.2. The van der Waals surface area contributed by atoms with E-state index in [0.717, 1.165) is 79.2 Å². The highest BCUT2D eigenvalue weighted by Crippen LogP contribution is 2.37. The van der Waals surface area contributed by atoms with Crippen molar-refractivity contribution in [3.05, 3.63) is 188 Å². The van der Waals surface area contributed by atoms with Gasteiger partial charge >= 0.3 is 0 Å². The lowest BCUT2D eigenvalue weighted by molar-refractivity contribution is 0.914. The molecule has 6 nitrogen and oxygen atoms in total. The van der Waals surface area contributed by atoms with Crippen molar-refractivity contribution >= 4 is 38.4 Å². The van der Waals surface area contributed by atoms with Gasteiger partial charge in [0.2, 0.25) is 5.95 Å². The van der Waals surface area contributed by atoms with E-state index < -0.39 is 0 Å². The van der Waals surface area contributed by atoms with Crippen molar-refractivity contribution in [2.45, 2.75) is 33.1 Å². The molecule has 268 valence electrons. The van der Waals surface area contributed by atoms with Gasteiger partial charge in [-0.3, -0.25) is 9.55 Å². The summed E-state index contributed by atoms with van der Waals surface area (Å²) in [5.74, 6) is 1.55. The van der Waals surface area contributed by atoms with Crippen LogP contribution in [0, 0.1) is 0 Å². The number of hydrogen-bond acceptors (Lipinski definition) is 4. The summed E-state index contributed by atoms with van der Waals surface area (Å²) >= 11 is 0. The van der Waals surface area contributed by atoms with Crippen LogP contribution in [0.3, 0.4) is 0 Å². The summed E-state index contributed by atoms with van der Waals surface area (Å²) < 4.78 is 4.35. The van der Waals surface area contributed by atoms with E-state index in [1.165, 1.54) is 12.0 Å². The zero-order valence-electron chi connectivity index (χ0n) is 31.2. The molecule has 0 N–H and O–H groups in total. The van der Waals surface area contributed by atoms with Crippen LogP contribution in [0.4, 0.5) is 0 Å². The lowest BCUT2D eigenvalue weighted by Gasteiger charge is -2.13. The number of aromatic nitrogens is 6. The van der Waals surface area contributed by atoms with E-state index in [2.05, 4.69) is 123 Å². The van der Waals surface area contributed by atoms with Crippen molar-refractivity contribution < 1.29 is 0 Å². The fourth-order valence-electron chi connectivity index (χ4n) is 7.10. The van der Waals surface area contributed by atoms with Crippen molar-refractivity contribution in [3.63, 3.8) is 0 Å². The van der Waals surface area contributed by atoms with Gasteiger partial charge in [0.15, 0.2) is 11.6 Å². The Morgan fingerprint density at radius 3 is 2.25 bits per heavy atom. The molecule has 4 aromatic carbocycles. The van der Waals surface area contributed by atoms with E-state index in [-0.39, 0.29) is 0 Å². The maximum atomic E-state index is 5.18. The highest BCUT2D eigenvalue weighted by molar-refractivity contribution is 6.17. The van der Waals surface area contributed by atoms with Crippen molar-refractivity contribution in [3.8, 4) is 34.2 Å². The molecule has 0 atom stereocenters. The van der Waals surface area contributed by atoms with Crippen LogP contribution in [0.5, 0.6) is 0 Å². The summed E-state index contributed by atoms with van der Waals surface area (Å²) in [4.78, 5) is 20.4. The van der Waals surface area contributed by atoms with E-state index in [0.29, 0.717) is 17.6 Å². The van der Waals surface area contributed by atoms with Gasteiger partial charge in [-0.2, -0.15) is 9.97 Å². The Bertz CT molecular complexity index is 2780. The largest absolute Gasteiger partial charge is 0.307 e. The molecule has 9 rings (SSSR count). The lowest BCUT2D eigenvalue weighted by atomic mass is 9.96. The summed E-state index contributed by atoms with van der Waals surface area (Å²) in [7, 11) is 0. The molecule has 1 aliphatic carbocycles. The van der Waals surface area contributed by atoms with Crippen LogP contribution in [-0.2, 0) is 0 Å². The molecule has 55 heavy (non-hydrogen) atoms. The maximum Gasteiger partial charge on any atom is 0.238 e. The predicted octanol–water partition coefficient (Wildman–Crippen LogP) is 12.5. The first-order chi connectivity index (χ1) is 27.1. The molecule has 0 radical (unpaired) electrons. The normalized spacial score (nSPS) is 12.8. The summed E-state index contributed by atoms with van der Waals surface area (Å²) in [6, 6.07) is 39.6. The zero-order chi connectivity index (χ0) is 37.7. The second-order valence-electron chi connectivity index (χ2n) is 13.6. The average Bonchev–Trinajstić information content (AvgIpc) is 3.83. The second-order valence-corrected chi connectivity index (χ2v) is 13.6. The van der Waals surface area contributed by atoms with Gasteiger partial charge in [-0.05, 0) is 71.5 Å². The first-order valence-electron chi connectivity index (χ1n) is 18.8. The second kappa shape index (κ2) is 15.6. The van der Waals surface area contributed by atoms with Crippen LogP contribution in [-0.4, -0.2) is 29.1 Å². The molecule has 0 unspecified atom stereocenters. The molecule has 4 aromatic heterocycles. The minimum atomic E-state index is 0.484. The first-order valence-corrected chi connectivity index (χ1v) is 18.8. The molecule has 0 fully saturated rings. The number of fused-ring (bicyclic) bond motifs is 5. The minimum absolute atomic E-state index is 0.484. The molecule has 1 aliphatic rings. The number of nitrogens with zero attached hydrogens (tertiary/aromatic N) is 6. The van der Waals surface area contributed by atoms with Gasteiger partial charge in [0, 0.05) is 40.0 Å². The number of benzene rings is 4. The number of allylic oxidation sites excluding steroid dienone is 8. The number of rotatable bonds is 8. The SMILES string of the molecule is C=C/C(=C\C(=C)C1=CC=CCC1)c1nc(-c2cccc(-c3ccccc3)c2)nc(-n2ccc3ncc4c5ccccc5n(-c5ccccc5)c4c32)n1.CCC. The van der Waals surface area contributed by atoms with E-state index in [1.807, 2.05) is 65.5 Å². The predicted molar refractivity (Wildman–Crippen MR) is 229 cm³/mol. The topological polar surface area (TPSA) is 61.4 Å². The monoisotopic (exact) mass is 714 g/mol. The Morgan fingerprint density at radius 2 is 1.49 bits per heavy atom. The fraction of sp³-hybridized carbons (Fsp3) is 0.102. The number of para-hydroxylation sites is 2. The molecule has 0 bridgehead atoms. The quantitative estimate of drug-likeness (QED) is 0.147. The standard InChI is InChI=1S/C46H34N6.C3H8/c1-3-32(28-31(2)33-16-7-4-8-17-33)44-48-45(36-21-15-20-35(29-36)34-18-9-5-10-19-34)50-46(49-44)51-27-26-40-43(51)42-39(30-47-40)38-24-13-14-25-41(38)52(42)37-22-11-6-12-23-37;1-3-2/h3-7,9-16,18-30H,1-2,8,17H2;3H2,1-2H3/b32-28+;. The van der Waals surface area contributed by atoms with Crippen LogP contribution >= 0.6 is 0 Å². The van der Waals surface area contributed by atoms with Gasteiger partial charge in [-0.1, -0.05) is 143 Å². The Labute approximate surface area is 321 Å². The van der Waals surface area contributed by atoms with Crippen molar-refractivity contribution in [1.82, 2.24) is 29.1 Å².